The SMILES string of the molecule is O=C(NCCc1cnc[nH]1)c1cc(-c2ccc3[nH]ncc3c2)on1. The highest BCUT2D eigenvalue weighted by atomic mass is 16.5. The van der Waals surface area contributed by atoms with Crippen LogP contribution in [0, 0.1) is 0 Å². The summed E-state index contributed by atoms with van der Waals surface area (Å²) in [7, 11) is 0. The van der Waals surface area contributed by atoms with Crippen LogP contribution in [-0.4, -0.2) is 37.8 Å². The van der Waals surface area contributed by atoms with Gasteiger partial charge in [-0.1, -0.05) is 5.16 Å². The maximum absolute atomic E-state index is 12.1. The lowest BCUT2D eigenvalue weighted by Gasteiger charge is -2.00. The average molecular weight is 322 g/mol. The quantitative estimate of drug-likeness (QED) is 0.519. The molecule has 4 rings (SSSR count). The molecule has 0 aliphatic heterocycles. The van der Waals surface area contributed by atoms with Crippen molar-refractivity contribution in [3.63, 3.8) is 0 Å². The Hall–Kier alpha value is -3.42. The van der Waals surface area contributed by atoms with E-state index in [4.69, 9.17) is 4.52 Å². The first kappa shape index (κ1) is 14.2. The van der Waals surface area contributed by atoms with Crippen LogP contribution in [0.3, 0.4) is 0 Å². The Bertz CT molecular complexity index is 969. The zero-order valence-corrected chi connectivity index (χ0v) is 12.6. The van der Waals surface area contributed by atoms with Crippen molar-refractivity contribution in [1.29, 1.82) is 0 Å². The Labute approximate surface area is 136 Å². The van der Waals surface area contributed by atoms with Crippen molar-refractivity contribution >= 4 is 16.8 Å². The summed E-state index contributed by atoms with van der Waals surface area (Å²) in [5, 5.41) is 14.5. The van der Waals surface area contributed by atoms with Crippen LogP contribution in [-0.2, 0) is 6.42 Å². The highest BCUT2D eigenvalue weighted by molar-refractivity contribution is 5.93. The summed E-state index contributed by atoms with van der Waals surface area (Å²) in [6.07, 6.45) is 5.75. The topological polar surface area (TPSA) is 112 Å². The van der Waals surface area contributed by atoms with E-state index in [0.29, 0.717) is 18.7 Å². The van der Waals surface area contributed by atoms with Crippen molar-refractivity contribution < 1.29 is 9.32 Å². The first-order chi connectivity index (χ1) is 11.8. The lowest BCUT2D eigenvalue weighted by molar-refractivity contribution is 0.0945. The number of benzene rings is 1. The number of nitrogens with one attached hydrogen (secondary N) is 3. The van der Waals surface area contributed by atoms with Crippen molar-refractivity contribution in [1.82, 2.24) is 30.6 Å². The molecule has 4 aromatic rings. The molecule has 0 saturated carbocycles. The van der Waals surface area contributed by atoms with Crippen LogP contribution in [0.1, 0.15) is 16.2 Å². The minimum atomic E-state index is -0.270. The van der Waals surface area contributed by atoms with Gasteiger partial charge in [-0.2, -0.15) is 5.10 Å². The molecular formula is C16H14N6O2. The smallest absolute Gasteiger partial charge is 0.273 e. The summed E-state index contributed by atoms with van der Waals surface area (Å²) in [4.78, 5) is 19.0. The standard InChI is InChI=1S/C16H14N6O2/c23-16(18-4-3-12-8-17-9-19-12)14-6-15(24-22-14)10-1-2-13-11(5-10)7-20-21-13/h1-2,5-9H,3-4H2,(H,17,19)(H,18,23)(H,20,21). The van der Waals surface area contributed by atoms with Gasteiger partial charge in [-0.3, -0.25) is 9.89 Å². The van der Waals surface area contributed by atoms with Gasteiger partial charge in [0.05, 0.1) is 18.0 Å². The van der Waals surface area contributed by atoms with Crippen molar-refractivity contribution in [3.05, 3.63) is 54.4 Å². The Morgan fingerprint density at radius 1 is 1.25 bits per heavy atom. The van der Waals surface area contributed by atoms with Gasteiger partial charge in [0.15, 0.2) is 11.5 Å². The van der Waals surface area contributed by atoms with Gasteiger partial charge in [0.1, 0.15) is 0 Å². The van der Waals surface area contributed by atoms with Crippen LogP contribution < -0.4 is 5.32 Å². The number of rotatable bonds is 5. The number of nitrogens with zero attached hydrogens (tertiary/aromatic N) is 3. The molecule has 8 nitrogen and oxygen atoms in total. The molecule has 0 aliphatic carbocycles. The average Bonchev–Trinajstić information content (AvgIpc) is 3.34. The van der Waals surface area contributed by atoms with Gasteiger partial charge < -0.3 is 14.8 Å². The molecule has 3 N–H and O–H groups in total. The van der Waals surface area contributed by atoms with Crippen molar-refractivity contribution in [2.75, 3.05) is 6.54 Å². The van der Waals surface area contributed by atoms with E-state index >= 15 is 0 Å². The molecule has 120 valence electrons. The third kappa shape index (κ3) is 2.76. The zero-order valence-electron chi connectivity index (χ0n) is 12.6. The fourth-order valence-electron chi connectivity index (χ4n) is 2.44. The second-order valence-electron chi connectivity index (χ2n) is 5.33. The Kier molecular flexibility index (Phi) is 3.54. The van der Waals surface area contributed by atoms with Crippen LogP contribution in [0.4, 0.5) is 0 Å². The number of aromatic amines is 2. The molecule has 0 spiro atoms. The molecule has 1 amide bonds. The van der Waals surface area contributed by atoms with Gasteiger partial charge in [-0.15, -0.1) is 0 Å². The largest absolute Gasteiger partial charge is 0.355 e. The predicted octanol–water partition coefficient (Wildman–Crippen LogP) is 1.91. The van der Waals surface area contributed by atoms with Crippen molar-refractivity contribution in [2.45, 2.75) is 6.42 Å². The Balaban J connectivity index is 1.44. The number of amides is 1. The van der Waals surface area contributed by atoms with E-state index in [1.165, 1.54) is 0 Å². The lowest BCUT2D eigenvalue weighted by Crippen LogP contribution is -2.25. The molecular weight excluding hydrogens is 308 g/mol. The summed E-state index contributed by atoms with van der Waals surface area (Å²) in [5.41, 5.74) is 2.99. The van der Waals surface area contributed by atoms with Gasteiger partial charge in [0.2, 0.25) is 0 Å². The van der Waals surface area contributed by atoms with Gasteiger partial charge in [-0.05, 0) is 18.2 Å². The second kappa shape index (κ2) is 5.99. The molecule has 3 heterocycles. The number of carbonyl (C=O) groups excluding carboxylic acids is 1. The maximum atomic E-state index is 12.1. The van der Waals surface area contributed by atoms with E-state index < -0.39 is 0 Å². The molecule has 0 atom stereocenters. The van der Waals surface area contributed by atoms with E-state index in [1.807, 2.05) is 18.2 Å². The molecule has 0 aliphatic rings. The van der Waals surface area contributed by atoms with Gasteiger partial charge in [0, 0.05) is 41.9 Å². The van der Waals surface area contributed by atoms with Crippen LogP contribution in [0.15, 0.2) is 47.5 Å². The fourth-order valence-corrected chi connectivity index (χ4v) is 2.44. The predicted molar refractivity (Wildman–Crippen MR) is 86.2 cm³/mol. The molecule has 0 saturated heterocycles. The van der Waals surface area contributed by atoms with Crippen LogP contribution in [0.25, 0.3) is 22.2 Å². The number of fused-ring (bicyclic) bond motifs is 1. The summed E-state index contributed by atoms with van der Waals surface area (Å²) in [6, 6.07) is 7.36. The third-order valence-electron chi connectivity index (χ3n) is 3.70. The number of hydrogen-bond acceptors (Lipinski definition) is 5. The molecule has 24 heavy (non-hydrogen) atoms. The minimum absolute atomic E-state index is 0.252. The third-order valence-corrected chi connectivity index (χ3v) is 3.70. The van der Waals surface area contributed by atoms with Crippen molar-refractivity contribution in [3.8, 4) is 11.3 Å². The highest BCUT2D eigenvalue weighted by Crippen LogP contribution is 2.24. The lowest BCUT2D eigenvalue weighted by atomic mass is 10.1. The van der Waals surface area contributed by atoms with Gasteiger partial charge in [0.25, 0.3) is 5.91 Å². The molecule has 0 unspecified atom stereocenters. The summed E-state index contributed by atoms with van der Waals surface area (Å²) < 4.78 is 5.29. The summed E-state index contributed by atoms with van der Waals surface area (Å²) in [5.74, 6) is 0.269. The normalized spacial score (nSPS) is 11.0. The van der Waals surface area contributed by atoms with Gasteiger partial charge >= 0.3 is 0 Å². The first-order valence-electron chi connectivity index (χ1n) is 7.45. The van der Waals surface area contributed by atoms with Crippen LogP contribution in [0.2, 0.25) is 0 Å². The highest BCUT2D eigenvalue weighted by Gasteiger charge is 2.14. The Morgan fingerprint density at radius 3 is 3.08 bits per heavy atom. The maximum Gasteiger partial charge on any atom is 0.273 e. The number of carbonyl (C=O) groups is 1. The van der Waals surface area contributed by atoms with Crippen LogP contribution in [0.5, 0.6) is 0 Å². The van der Waals surface area contributed by atoms with Crippen molar-refractivity contribution in [2.24, 2.45) is 0 Å². The first-order valence-corrected chi connectivity index (χ1v) is 7.45. The zero-order chi connectivity index (χ0) is 16.4. The Morgan fingerprint density at radius 2 is 2.21 bits per heavy atom. The molecule has 1 aromatic carbocycles. The van der Waals surface area contributed by atoms with Crippen LogP contribution >= 0.6 is 0 Å². The molecule has 0 bridgehead atoms. The van der Waals surface area contributed by atoms with E-state index in [2.05, 4.69) is 30.6 Å². The monoisotopic (exact) mass is 322 g/mol. The molecule has 0 fully saturated rings. The summed E-state index contributed by atoms with van der Waals surface area (Å²) in [6.45, 7) is 0.490. The molecule has 0 radical (unpaired) electrons. The van der Waals surface area contributed by atoms with E-state index in [0.717, 1.165) is 22.2 Å². The minimum Gasteiger partial charge on any atom is -0.355 e. The summed E-state index contributed by atoms with van der Waals surface area (Å²) >= 11 is 0. The molecule has 8 heteroatoms. The van der Waals surface area contributed by atoms with E-state index in [9.17, 15) is 4.79 Å². The number of aromatic nitrogens is 5. The van der Waals surface area contributed by atoms with E-state index in [-0.39, 0.29) is 11.6 Å². The number of hydrogen-bond donors (Lipinski definition) is 3. The second-order valence-corrected chi connectivity index (χ2v) is 5.33. The van der Waals surface area contributed by atoms with E-state index in [1.54, 1.807) is 24.8 Å². The molecule has 3 aromatic heterocycles. The van der Waals surface area contributed by atoms with Gasteiger partial charge in [-0.25, -0.2) is 4.98 Å². The number of H-pyrrole nitrogens is 2. The fraction of sp³-hybridized carbons (Fsp3) is 0.125. The number of imidazole rings is 1.